The zero-order chi connectivity index (χ0) is 11.4. The van der Waals surface area contributed by atoms with Crippen LogP contribution in [0.25, 0.3) is 0 Å². The fourth-order valence-electron chi connectivity index (χ4n) is 0.927. The van der Waals surface area contributed by atoms with Crippen molar-refractivity contribution < 1.29 is 23.2 Å². The van der Waals surface area contributed by atoms with Gasteiger partial charge < -0.3 is 9.47 Å². The van der Waals surface area contributed by atoms with Gasteiger partial charge in [0.05, 0.1) is 4.92 Å². The van der Waals surface area contributed by atoms with Crippen LogP contribution in [0.3, 0.4) is 0 Å². The maximum absolute atomic E-state index is 13.0. The van der Waals surface area contributed by atoms with E-state index in [1.165, 1.54) is 7.11 Å². The largest absolute Gasteiger partial charge is 0.467 e. The minimum Gasteiger partial charge on any atom is -0.467 e. The lowest BCUT2D eigenvalue weighted by molar-refractivity contribution is -0.390. The van der Waals surface area contributed by atoms with Crippen LogP contribution in [0.15, 0.2) is 12.1 Å². The Balaban J connectivity index is 3.03. The molecule has 15 heavy (non-hydrogen) atoms. The van der Waals surface area contributed by atoms with Crippen LogP contribution in [0.5, 0.6) is 5.75 Å². The molecule has 0 unspecified atom stereocenters. The SMILES string of the molecule is COCOc1cc(F)c([N+](=O)[O-])c(F)c1. The summed E-state index contributed by atoms with van der Waals surface area (Å²) in [6.45, 7) is -0.198. The number of nitro benzene ring substituents is 1. The van der Waals surface area contributed by atoms with Gasteiger partial charge in [-0.2, -0.15) is 8.78 Å². The number of nitrogens with zero attached hydrogens (tertiary/aromatic N) is 1. The van der Waals surface area contributed by atoms with Gasteiger partial charge in [-0.05, 0) is 0 Å². The first-order valence-electron chi connectivity index (χ1n) is 3.81. The first-order chi connectivity index (χ1) is 7.06. The third kappa shape index (κ3) is 2.59. The fraction of sp³-hybridized carbons (Fsp3) is 0.250. The molecule has 0 aliphatic carbocycles. The Labute approximate surface area is 83.4 Å². The summed E-state index contributed by atoms with van der Waals surface area (Å²) in [6.07, 6.45) is 0. The second kappa shape index (κ2) is 4.65. The highest BCUT2D eigenvalue weighted by molar-refractivity contribution is 5.39. The van der Waals surface area contributed by atoms with Crippen LogP contribution in [-0.4, -0.2) is 18.8 Å². The minimum absolute atomic E-state index is 0.169. The van der Waals surface area contributed by atoms with Crippen LogP contribution in [0.2, 0.25) is 0 Å². The highest BCUT2D eigenvalue weighted by atomic mass is 19.1. The summed E-state index contributed by atoms with van der Waals surface area (Å²) in [6, 6.07) is 1.44. The first-order valence-corrected chi connectivity index (χ1v) is 3.81. The minimum atomic E-state index is -1.29. The number of ether oxygens (including phenoxy) is 2. The normalized spacial score (nSPS) is 10.1. The van der Waals surface area contributed by atoms with E-state index >= 15 is 0 Å². The summed E-state index contributed by atoms with van der Waals surface area (Å²) in [4.78, 5) is 9.09. The highest BCUT2D eigenvalue weighted by Gasteiger charge is 2.22. The van der Waals surface area contributed by atoms with Crippen LogP contribution in [-0.2, 0) is 4.74 Å². The summed E-state index contributed by atoms with van der Waals surface area (Å²) in [5, 5.41) is 10.2. The van der Waals surface area contributed by atoms with Crippen molar-refractivity contribution in [3.8, 4) is 5.75 Å². The molecule has 5 nitrogen and oxygen atoms in total. The molecular formula is C8H7F2NO4. The van der Waals surface area contributed by atoms with Gasteiger partial charge in [0.25, 0.3) is 0 Å². The predicted octanol–water partition coefficient (Wildman–Crippen LogP) is 1.86. The van der Waals surface area contributed by atoms with Crippen molar-refractivity contribution in [1.82, 2.24) is 0 Å². The Morgan fingerprint density at radius 2 is 1.93 bits per heavy atom. The van der Waals surface area contributed by atoms with Crippen LogP contribution in [0, 0.1) is 21.7 Å². The summed E-state index contributed by atoms with van der Waals surface area (Å²) in [5.74, 6) is -2.74. The maximum atomic E-state index is 13.0. The van der Waals surface area contributed by atoms with Crippen LogP contribution in [0.1, 0.15) is 0 Å². The van der Waals surface area contributed by atoms with Crippen molar-refractivity contribution in [1.29, 1.82) is 0 Å². The molecule has 0 aromatic heterocycles. The first kappa shape index (κ1) is 11.3. The molecule has 0 amide bonds. The molecule has 0 radical (unpaired) electrons. The van der Waals surface area contributed by atoms with Crippen molar-refractivity contribution in [2.75, 3.05) is 13.9 Å². The lowest BCUT2D eigenvalue weighted by Gasteiger charge is -2.04. The van der Waals surface area contributed by atoms with Crippen molar-refractivity contribution in [3.63, 3.8) is 0 Å². The quantitative estimate of drug-likeness (QED) is 0.440. The third-order valence-electron chi connectivity index (χ3n) is 1.52. The molecule has 1 rings (SSSR count). The molecule has 0 atom stereocenters. The van der Waals surface area contributed by atoms with Crippen molar-refractivity contribution in [3.05, 3.63) is 33.9 Å². The van der Waals surface area contributed by atoms with Gasteiger partial charge >= 0.3 is 5.69 Å². The molecule has 0 fully saturated rings. The van der Waals surface area contributed by atoms with Gasteiger partial charge in [0.1, 0.15) is 5.75 Å². The molecule has 0 saturated carbocycles. The lowest BCUT2D eigenvalue weighted by atomic mass is 10.3. The molecule has 82 valence electrons. The van der Waals surface area contributed by atoms with E-state index < -0.39 is 22.2 Å². The van der Waals surface area contributed by atoms with Gasteiger partial charge in [-0.25, -0.2) is 0 Å². The Morgan fingerprint density at radius 3 is 2.33 bits per heavy atom. The number of benzene rings is 1. The molecule has 0 spiro atoms. The molecule has 0 aliphatic rings. The molecule has 0 bridgehead atoms. The number of rotatable bonds is 4. The molecule has 0 aliphatic heterocycles. The number of methoxy groups -OCH3 is 1. The molecule has 7 heteroatoms. The van der Waals surface area contributed by atoms with Gasteiger partial charge in [0.2, 0.25) is 11.6 Å². The van der Waals surface area contributed by atoms with Crippen molar-refractivity contribution in [2.45, 2.75) is 0 Å². The Morgan fingerprint density at radius 1 is 1.40 bits per heavy atom. The number of hydrogen-bond donors (Lipinski definition) is 0. The Hall–Kier alpha value is -1.76. The van der Waals surface area contributed by atoms with Crippen LogP contribution < -0.4 is 4.74 Å². The van der Waals surface area contributed by atoms with Crippen LogP contribution >= 0.6 is 0 Å². The number of halogens is 2. The lowest BCUT2D eigenvalue weighted by Crippen LogP contribution is -2.02. The van der Waals surface area contributed by atoms with E-state index in [0.717, 1.165) is 12.1 Å². The molecule has 0 heterocycles. The van der Waals surface area contributed by atoms with Gasteiger partial charge in [0.15, 0.2) is 6.79 Å². The average molecular weight is 219 g/mol. The summed E-state index contributed by atoms with van der Waals surface area (Å²) < 4.78 is 35.2. The number of nitro groups is 1. The molecule has 1 aromatic carbocycles. The Kier molecular flexibility index (Phi) is 3.51. The second-order valence-electron chi connectivity index (χ2n) is 2.54. The van der Waals surface area contributed by atoms with E-state index in [-0.39, 0.29) is 12.5 Å². The second-order valence-corrected chi connectivity index (χ2v) is 2.54. The molecule has 0 saturated heterocycles. The predicted molar refractivity (Wildman–Crippen MR) is 45.5 cm³/mol. The molecular weight excluding hydrogens is 212 g/mol. The van der Waals surface area contributed by atoms with E-state index in [1.54, 1.807) is 0 Å². The van der Waals surface area contributed by atoms with E-state index in [1.807, 2.05) is 0 Å². The van der Waals surface area contributed by atoms with E-state index in [0.29, 0.717) is 0 Å². The summed E-state index contributed by atoms with van der Waals surface area (Å²) >= 11 is 0. The maximum Gasteiger partial charge on any atom is 0.340 e. The fourth-order valence-corrected chi connectivity index (χ4v) is 0.927. The van der Waals surface area contributed by atoms with E-state index in [4.69, 9.17) is 4.74 Å². The monoisotopic (exact) mass is 219 g/mol. The van der Waals surface area contributed by atoms with Crippen molar-refractivity contribution >= 4 is 5.69 Å². The zero-order valence-electron chi connectivity index (χ0n) is 7.70. The van der Waals surface area contributed by atoms with Gasteiger partial charge in [0, 0.05) is 19.2 Å². The summed E-state index contributed by atoms with van der Waals surface area (Å²) in [7, 11) is 1.33. The van der Waals surface area contributed by atoms with Crippen molar-refractivity contribution in [2.24, 2.45) is 0 Å². The smallest absolute Gasteiger partial charge is 0.340 e. The van der Waals surface area contributed by atoms with E-state index in [9.17, 15) is 18.9 Å². The molecule has 0 N–H and O–H groups in total. The van der Waals surface area contributed by atoms with Crippen LogP contribution in [0.4, 0.5) is 14.5 Å². The highest BCUT2D eigenvalue weighted by Crippen LogP contribution is 2.26. The third-order valence-corrected chi connectivity index (χ3v) is 1.52. The average Bonchev–Trinajstić information content (AvgIpc) is 2.12. The zero-order valence-corrected chi connectivity index (χ0v) is 7.70. The van der Waals surface area contributed by atoms with Gasteiger partial charge in [-0.3, -0.25) is 10.1 Å². The van der Waals surface area contributed by atoms with E-state index in [2.05, 4.69) is 4.74 Å². The standard InChI is InChI=1S/C8H7F2NO4/c1-14-4-15-5-2-6(9)8(11(12)13)7(10)3-5/h2-3H,4H2,1H3. The van der Waals surface area contributed by atoms with Gasteiger partial charge in [-0.15, -0.1) is 0 Å². The summed E-state index contributed by atoms with van der Waals surface area (Å²) in [5.41, 5.74) is -1.19. The van der Waals surface area contributed by atoms with Gasteiger partial charge in [-0.1, -0.05) is 0 Å². The Bertz CT molecular complexity index is 360. The number of hydrogen-bond acceptors (Lipinski definition) is 4. The molecule has 1 aromatic rings. The topological polar surface area (TPSA) is 61.6 Å².